The highest BCUT2D eigenvalue weighted by atomic mass is 35.5. The molecule has 0 saturated carbocycles. The Hall–Kier alpha value is -1.62. The van der Waals surface area contributed by atoms with Gasteiger partial charge in [0.15, 0.2) is 0 Å². The van der Waals surface area contributed by atoms with Gasteiger partial charge in [0.25, 0.3) is 0 Å². The molecule has 1 aromatic rings. The molecule has 1 aromatic carbocycles. The van der Waals surface area contributed by atoms with E-state index in [4.69, 9.17) is 16.8 Å². The van der Waals surface area contributed by atoms with Gasteiger partial charge >= 0.3 is 0 Å². The zero-order chi connectivity index (χ0) is 9.68. The molecule has 68 valence electrons. The maximum absolute atomic E-state index is 11.0. The van der Waals surface area contributed by atoms with E-state index in [1.165, 1.54) is 12.1 Å². The highest BCUT2D eigenvalue weighted by molar-refractivity contribution is 6.30. The topological polar surface area (TPSA) is 71.0 Å². The summed E-state index contributed by atoms with van der Waals surface area (Å²) in [4.78, 5) is 0.316. The molecule has 1 rings (SSSR count). The van der Waals surface area contributed by atoms with Crippen molar-refractivity contribution in [3.8, 4) is 0 Å². The van der Waals surface area contributed by atoms with Crippen molar-refractivity contribution in [1.29, 1.82) is 0 Å². The maximum Gasteiger partial charge on any atom is 0.245 e. The lowest BCUT2D eigenvalue weighted by Crippen LogP contribution is -1.90. The molecule has 13 heavy (non-hydrogen) atoms. The van der Waals surface area contributed by atoms with Crippen LogP contribution in [0.3, 0.4) is 0 Å². The molecule has 5 nitrogen and oxygen atoms in total. The Balaban J connectivity index is 2.89. The highest BCUT2D eigenvalue weighted by Crippen LogP contribution is 2.15. The lowest BCUT2D eigenvalue weighted by Gasteiger charge is -1.96. The summed E-state index contributed by atoms with van der Waals surface area (Å²) in [6.07, 6.45) is 0.738. The zero-order valence-corrected chi connectivity index (χ0v) is 7.22. The Kier molecular flexibility index (Phi) is 3.22. The number of azo groups is 1. The molecule has 0 unspecified atom stereocenters. The monoisotopic (exact) mass is 199 g/mol. The molecule has 0 amide bonds. The molecule has 0 aliphatic rings. The fraction of sp³-hybridized carbons (Fsp3) is 0. The van der Waals surface area contributed by atoms with E-state index in [2.05, 4.69) is 10.3 Å². The lowest BCUT2D eigenvalue weighted by atomic mass is 10.3. The first-order valence-corrected chi connectivity index (χ1v) is 3.71. The number of hydrogen-bond acceptors (Lipinski definition) is 3. The maximum atomic E-state index is 11.0. The van der Waals surface area contributed by atoms with Crippen molar-refractivity contribution in [2.75, 3.05) is 0 Å². The third-order valence-electron chi connectivity index (χ3n) is 1.26. The highest BCUT2D eigenvalue weighted by Gasteiger charge is 2.00. The largest absolute Gasteiger partial charge is 0.594 e. The van der Waals surface area contributed by atoms with Crippen LogP contribution in [-0.2, 0) is 0 Å². The third kappa shape index (κ3) is 2.72. The standard InChI is InChI=1S/C7H6ClN3O2/c8-6-1-3-7(4-2-6)11(13)9-5-10-12/h1-5,12H/b10-5+,11-9?. The van der Waals surface area contributed by atoms with Gasteiger partial charge in [-0.3, -0.25) is 0 Å². The summed E-state index contributed by atoms with van der Waals surface area (Å²) in [5, 5.41) is 25.3. The minimum Gasteiger partial charge on any atom is -0.594 e. The average molecular weight is 200 g/mol. The van der Waals surface area contributed by atoms with Crippen LogP contribution in [0, 0.1) is 5.21 Å². The van der Waals surface area contributed by atoms with Crippen LogP contribution in [0.2, 0.25) is 5.02 Å². The van der Waals surface area contributed by atoms with E-state index in [0.29, 0.717) is 15.6 Å². The van der Waals surface area contributed by atoms with Crippen molar-refractivity contribution in [3.63, 3.8) is 0 Å². The Morgan fingerprint density at radius 2 is 2.00 bits per heavy atom. The van der Waals surface area contributed by atoms with Crippen molar-refractivity contribution < 1.29 is 10.1 Å². The molecule has 0 aliphatic carbocycles. The summed E-state index contributed by atoms with van der Waals surface area (Å²) in [6.45, 7) is 0. The summed E-state index contributed by atoms with van der Waals surface area (Å²) in [6, 6.07) is 6.13. The number of oxime groups is 1. The Morgan fingerprint density at radius 3 is 2.54 bits per heavy atom. The van der Waals surface area contributed by atoms with Crippen LogP contribution in [0.1, 0.15) is 0 Å². The van der Waals surface area contributed by atoms with Gasteiger partial charge in [0.1, 0.15) is 0 Å². The van der Waals surface area contributed by atoms with Gasteiger partial charge in [0.05, 0.1) is 0 Å². The molecule has 6 heteroatoms. The van der Waals surface area contributed by atoms with E-state index < -0.39 is 0 Å². The molecule has 0 aliphatic heterocycles. The predicted octanol–water partition coefficient (Wildman–Crippen LogP) is 2.35. The van der Waals surface area contributed by atoms with Crippen LogP contribution < -0.4 is 0 Å². The predicted molar refractivity (Wildman–Crippen MR) is 47.4 cm³/mol. The smallest absolute Gasteiger partial charge is 0.245 e. The van der Waals surface area contributed by atoms with Crippen LogP contribution >= 0.6 is 11.6 Å². The van der Waals surface area contributed by atoms with Gasteiger partial charge < -0.3 is 10.4 Å². The Bertz CT molecular complexity index is 334. The summed E-state index contributed by atoms with van der Waals surface area (Å²) in [5.74, 6) is 0. The van der Waals surface area contributed by atoms with E-state index >= 15 is 0 Å². The van der Waals surface area contributed by atoms with Crippen LogP contribution in [0.4, 0.5) is 5.69 Å². The van der Waals surface area contributed by atoms with E-state index in [0.717, 1.165) is 6.34 Å². The minimum atomic E-state index is 0.310. The average Bonchev–Trinajstić information content (AvgIpc) is 2.15. The summed E-state index contributed by atoms with van der Waals surface area (Å²) < 4.78 is 0. The molecular formula is C7H6ClN3O2. The van der Waals surface area contributed by atoms with Gasteiger partial charge in [-0.15, -0.1) is 0 Å². The number of nitrogens with zero attached hydrogens (tertiary/aromatic N) is 3. The third-order valence-corrected chi connectivity index (χ3v) is 1.51. The molecule has 0 aromatic heterocycles. The molecule has 0 atom stereocenters. The fourth-order valence-corrected chi connectivity index (χ4v) is 0.831. The number of rotatable bonds is 2. The second-order valence-corrected chi connectivity index (χ2v) is 2.53. The van der Waals surface area contributed by atoms with Gasteiger partial charge in [-0.05, 0) is 17.0 Å². The Morgan fingerprint density at radius 1 is 1.38 bits per heavy atom. The first-order valence-electron chi connectivity index (χ1n) is 3.33. The van der Waals surface area contributed by atoms with Crippen LogP contribution in [-0.4, -0.2) is 16.4 Å². The first-order chi connectivity index (χ1) is 6.24. The molecule has 0 bridgehead atoms. The number of hydrogen-bond donors (Lipinski definition) is 1. The van der Waals surface area contributed by atoms with E-state index in [1.807, 2.05) is 0 Å². The van der Waals surface area contributed by atoms with Crippen molar-refractivity contribution in [2.24, 2.45) is 10.3 Å². The van der Waals surface area contributed by atoms with Gasteiger partial charge in [-0.1, -0.05) is 16.8 Å². The van der Waals surface area contributed by atoms with Crippen LogP contribution in [0.25, 0.3) is 0 Å². The molecule has 1 N–H and O–H groups in total. The van der Waals surface area contributed by atoms with Crippen molar-refractivity contribution in [2.45, 2.75) is 0 Å². The van der Waals surface area contributed by atoms with E-state index in [1.54, 1.807) is 12.1 Å². The molecule has 0 fully saturated rings. The number of benzene rings is 1. The summed E-state index contributed by atoms with van der Waals surface area (Å²) in [7, 11) is 0. The van der Waals surface area contributed by atoms with Gasteiger partial charge in [-0.25, -0.2) is 0 Å². The molecule has 0 heterocycles. The van der Waals surface area contributed by atoms with Crippen LogP contribution in [0.5, 0.6) is 0 Å². The van der Waals surface area contributed by atoms with Gasteiger partial charge in [-0.2, -0.15) is 0 Å². The zero-order valence-electron chi connectivity index (χ0n) is 6.46. The van der Waals surface area contributed by atoms with Crippen molar-refractivity contribution >= 4 is 23.6 Å². The Labute approximate surface area is 79.1 Å². The lowest BCUT2D eigenvalue weighted by molar-refractivity contribution is -0.432. The summed E-state index contributed by atoms with van der Waals surface area (Å²) >= 11 is 5.60. The normalized spacial score (nSPS) is 12.2. The van der Waals surface area contributed by atoms with Crippen molar-refractivity contribution in [1.82, 2.24) is 0 Å². The van der Waals surface area contributed by atoms with Gasteiger partial charge in [0.2, 0.25) is 12.0 Å². The SMILES string of the molecule is [O-][N+](=N/C=N/O)c1ccc(Cl)cc1. The van der Waals surface area contributed by atoms with E-state index in [9.17, 15) is 5.21 Å². The quantitative estimate of drug-likeness (QED) is 0.198. The molecule has 0 saturated heterocycles. The molecule has 0 spiro atoms. The number of halogens is 1. The fourth-order valence-electron chi connectivity index (χ4n) is 0.705. The second kappa shape index (κ2) is 4.42. The van der Waals surface area contributed by atoms with Crippen LogP contribution in [0.15, 0.2) is 34.5 Å². The molecule has 0 radical (unpaired) electrons. The second-order valence-electron chi connectivity index (χ2n) is 2.10. The summed E-state index contributed by atoms with van der Waals surface area (Å²) in [5.41, 5.74) is 0.310. The first kappa shape index (κ1) is 9.47. The van der Waals surface area contributed by atoms with E-state index in [-0.39, 0.29) is 0 Å². The van der Waals surface area contributed by atoms with Crippen molar-refractivity contribution in [3.05, 3.63) is 34.5 Å². The molecular weight excluding hydrogens is 194 g/mol. The minimum absolute atomic E-state index is 0.310. The van der Waals surface area contributed by atoms with Gasteiger partial charge in [0, 0.05) is 22.3 Å².